The topological polar surface area (TPSA) is 18.5 Å². The molecule has 2 heteroatoms. The van der Waals surface area contributed by atoms with Crippen molar-refractivity contribution in [1.82, 2.24) is 0 Å². The molecule has 0 amide bonds. The van der Waals surface area contributed by atoms with Gasteiger partial charge in [0.1, 0.15) is 0 Å². The molecule has 0 N–H and O–H groups in total. The second kappa shape index (κ2) is 4.56. The molecule has 1 heterocycles. The summed E-state index contributed by atoms with van der Waals surface area (Å²) in [4.78, 5) is 0. The Bertz CT molecular complexity index is 336. The molecule has 1 aromatic rings. The third kappa shape index (κ3) is 2.28. The molecule has 0 aliphatic carbocycles. The van der Waals surface area contributed by atoms with Gasteiger partial charge in [0.05, 0.1) is 11.7 Å². The summed E-state index contributed by atoms with van der Waals surface area (Å²) in [6.45, 7) is 6.29. The van der Waals surface area contributed by atoms with Gasteiger partial charge in [0.25, 0.3) is 0 Å². The van der Waals surface area contributed by atoms with Crippen LogP contribution in [0, 0.1) is 0 Å². The molecule has 16 heavy (non-hydrogen) atoms. The Morgan fingerprint density at radius 2 is 2.00 bits per heavy atom. The first-order valence-electron chi connectivity index (χ1n) is 6.03. The van der Waals surface area contributed by atoms with Crippen LogP contribution in [0.25, 0.3) is 0 Å². The molecule has 0 radical (unpaired) electrons. The molecule has 1 aromatic carbocycles. The third-order valence-electron chi connectivity index (χ3n) is 3.27. The molecule has 2 rings (SSSR count). The highest BCUT2D eigenvalue weighted by atomic mass is 16.7. The van der Waals surface area contributed by atoms with Gasteiger partial charge in [-0.1, -0.05) is 37.3 Å². The van der Waals surface area contributed by atoms with Gasteiger partial charge in [-0.2, -0.15) is 0 Å². The van der Waals surface area contributed by atoms with E-state index in [1.54, 1.807) is 0 Å². The van der Waals surface area contributed by atoms with Gasteiger partial charge < -0.3 is 9.47 Å². The van der Waals surface area contributed by atoms with Crippen LogP contribution in [0.4, 0.5) is 0 Å². The number of benzene rings is 1. The lowest BCUT2D eigenvalue weighted by molar-refractivity contribution is -0.274. The van der Waals surface area contributed by atoms with Gasteiger partial charge in [0.15, 0.2) is 6.29 Å². The first-order valence-corrected chi connectivity index (χ1v) is 6.03. The number of rotatable bonds is 2. The molecule has 1 aliphatic rings. The molecule has 1 fully saturated rings. The normalized spacial score (nSPS) is 34.9. The summed E-state index contributed by atoms with van der Waals surface area (Å²) < 4.78 is 11.7. The maximum Gasteiger partial charge on any atom is 0.156 e. The van der Waals surface area contributed by atoms with Gasteiger partial charge in [0, 0.05) is 6.42 Å². The minimum atomic E-state index is -0.209. The Kier molecular flexibility index (Phi) is 3.31. The van der Waals surface area contributed by atoms with Crippen LogP contribution < -0.4 is 0 Å². The summed E-state index contributed by atoms with van der Waals surface area (Å²) in [6.07, 6.45) is 2.14. The monoisotopic (exact) mass is 220 g/mol. The van der Waals surface area contributed by atoms with Crippen LogP contribution >= 0.6 is 0 Å². The summed E-state index contributed by atoms with van der Waals surface area (Å²) in [5, 5.41) is 0. The van der Waals surface area contributed by atoms with E-state index in [0.717, 1.165) is 12.8 Å². The van der Waals surface area contributed by atoms with Gasteiger partial charge in [-0.05, 0) is 25.8 Å². The molecule has 1 unspecified atom stereocenters. The zero-order valence-corrected chi connectivity index (χ0v) is 10.3. The quantitative estimate of drug-likeness (QED) is 0.760. The highest BCUT2D eigenvalue weighted by Gasteiger charge is 2.37. The minimum absolute atomic E-state index is 0.121. The Morgan fingerprint density at radius 3 is 2.62 bits per heavy atom. The van der Waals surface area contributed by atoms with Crippen molar-refractivity contribution in [3.63, 3.8) is 0 Å². The van der Waals surface area contributed by atoms with Gasteiger partial charge >= 0.3 is 0 Å². The molecule has 2 nitrogen and oxygen atoms in total. The van der Waals surface area contributed by atoms with Crippen LogP contribution in [0.2, 0.25) is 0 Å². The lowest BCUT2D eigenvalue weighted by Gasteiger charge is -2.41. The van der Waals surface area contributed by atoms with E-state index in [-0.39, 0.29) is 11.9 Å². The van der Waals surface area contributed by atoms with Crippen LogP contribution in [0.5, 0.6) is 0 Å². The molecule has 1 saturated heterocycles. The standard InChI is InChI=1S/C14H20O2/c1-4-13-10-14(3,16-11(2)15-13)12-8-6-5-7-9-12/h5-9,11,13H,4,10H2,1-3H3/t11-,13-,14?/m0/s1. The first-order chi connectivity index (χ1) is 7.64. The summed E-state index contributed by atoms with van der Waals surface area (Å²) in [5.41, 5.74) is 1.03. The molecule has 1 aliphatic heterocycles. The van der Waals surface area contributed by atoms with E-state index in [0.29, 0.717) is 6.10 Å². The molecule has 0 bridgehead atoms. The van der Waals surface area contributed by atoms with Crippen molar-refractivity contribution >= 4 is 0 Å². The highest BCUT2D eigenvalue weighted by molar-refractivity contribution is 5.22. The van der Waals surface area contributed by atoms with Gasteiger partial charge in [-0.15, -0.1) is 0 Å². The van der Waals surface area contributed by atoms with E-state index in [4.69, 9.17) is 9.47 Å². The SMILES string of the molecule is CC[C@H]1CC(C)(c2ccccc2)O[C@@H](C)O1. The van der Waals surface area contributed by atoms with Crippen LogP contribution in [0.15, 0.2) is 30.3 Å². The largest absolute Gasteiger partial charge is 0.350 e. The van der Waals surface area contributed by atoms with Gasteiger partial charge in [-0.25, -0.2) is 0 Å². The summed E-state index contributed by atoms with van der Waals surface area (Å²) in [7, 11) is 0. The smallest absolute Gasteiger partial charge is 0.156 e. The van der Waals surface area contributed by atoms with E-state index >= 15 is 0 Å². The van der Waals surface area contributed by atoms with Gasteiger partial charge in [0.2, 0.25) is 0 Å². The fourth-order valence-electron chi connectivity index (χ4n) is 2.41. The average molecular weight is 220 g/mol. The molecule has 88 valence electrons. The molecule has 0 aromatic heterocycles. The molecule has 3 atom stereocenters. The fourth-order valence-corrected chi connectivity index (χ4v) is 2.41. The Labute approximate surface area is 97.6 Å². The Hall–Kier alpha value is -0.860. The van der Waals surface area contributed by atoms with E-state index in [2.05, 4.69) is 38.1 Å². The predicted octanol–water partition coefficient (Wildman–Crippen LogP) is 3.46. The average Bonchev–Trinajstić information content (AvgIpc) is 2.29. The second-order valence-corrected chi connectivity index (χ2v) is 4.65. The molecule has 0 saturated carbocycles. The van der Waals surface area contributed by atoms with Crippen molar-refractivity contribution in [2.24, 2.45) is 0 Å². The first kappa shape index (κ1) is 11.6. The summed E-state index contributed by atoms with van der Waals surface area (Å²) in [6, 6.07) is 10.4. The zero-order chi connectivity index (χ0) is 11.6. The number of hydrogen-bond donors (Lipinski definition) is 0. The molecule has 0 spiro atoms. The van der Waals surface area contributed by atoms with Crippen molar-refractivity contribution in [3.8, 4) is 0 Å². The van der Waals surface area contributed by atoms with Crippen molar-refractivity contribution in [2.45, 2.75) is 51.6 Å². The Morgan fingerprint density at radius 1 is 1.31 bits per heavy atom. The van der Waals surface area contributed by atoms with E-state index in [1.165, 1.54) is 5.56 Å². The van der Waals surface area contributed by atoms with Crippen LogP contribution in [-0.4, -0.2) is 12.4 Å². The van der Waals surface area contributed by atoms with Crippen molar-refractivity contribution < 1.29 is 9.47 Å². The van der Waals surface area contributed by atoms with Crippen molar-refractivity contribution in [1.29, 1.82) is 0 Å². The predicted molar refractivity (Wildman–Crippen MR) is 64.1 cm³/mol. The van der Waals surface area contributed by atoms with Crippen molar-refractivity contribution in [3.05, 3.63) is 35.9 Å². The van der Waals surface area contributed by atoms with E-state index in [9.17, 15) is 0 Å². The van der Waals surface area contributed by atoms with Crippen LogP contribution in [0.1, 0.15) is 39.2 Å². The fraction of sp³-hybridized carbons (Fsp3) is 0.571. The van der Waals surface area contributed by atoms with Gasteiger partial charge in [-0.3, -0.25) is 0 Å². The highest BCUT2D eigenvalue weighted by Crippen LogP contribution is 2.37. The van der Waals surface area contributed by atoms with E-state index in [1.807, 2.05) is 13.0 Å². The Balaban J connectivity index is 2.23. The number of hydrogen-bond acceptors (Lipinski definition) is 2. The third-order valence-corrected chi connectivity index (χ3v) is 3.27. The lowest BCUT2D eigenvalue weighted by atomic mass is 9.88. The maximum absolute atomic E-state index is 5.97. The van der Waals surface area contributed by atoms with E-state index < -0.39 is 0 Å². The lowest BCUT2D eigenvalue weighted by Crippen LogP contribution is -2.42. The molecular formula is C14H20O2. The van der Waals surface area contributed by atoms with Crippen LogP contribution in [-0.2, 0) is 15.1 Å². The van der Waals surface area contributed by atoms with Crippen LogP contribution in [0.3, 0.4) is 0 Å². The maximum atomic E-state index is 5.97. The second-order valence-electron chi connectivity index (χ2n) is 4.65. The number of ether oxygens (including phenoxy) is 2. The zero-order valence-electron chi connectivity index (χ0n) is 10.3. The summed E-state index contributed by atoms with van der Waals surface area (Å²) in [5.74, 6) is 0. The minimum Gasteiger partial charge on any atom is -0.350 e. The molecular weight excluding hydrogens is 200 g/mol. The summed E-state index contributed by atoms with van der Waals surface area (Å²) >= 11 is 0. The van der Waals surface area contributed by atoms with Crippen molar-refractivity contribution in [2.75, 3.05) is 0 Å².